The zero-order valence-electron chi connectivity index (χ0n) is 11.5. The van der Waals surface area contributed by atoms with E-state index >= 15 is 0 Å². The van der Waals surface area contributed by atoms with Gasteiger partial charge in [0.05, 0.1) is 12.8 Å². The highest BCUT2D eigenvalue weighted by Gasteiger charge is 2.05. The minimum absolute atomic E-state index is 0.0935. The number of hydrogen-bond acceptors (Lipinski definition) is 3. The molecule has 4 heteroatoms. The van der Waals surface area contributed by atoms with Gasteiger partial charge in [0.2, 0.25) is 0 Å². The van der Waals surface area contributed by atoms with E-state index in [1.807, 2.05) is 42.3 Å². The molecule has 2 N–H and O–H groups in total. The summed E-state index contributed by atoms with van der Waals surface area (Å²) < 4.78 is 1.82. The van der Waals surface area contributed by atoms with Crippen LogP contribution in [0.4, 0.5) is 0 Å². The van der Waals surface area contributed by atoms with E-state index in [0.717, 1.165) is 18.5 Å². The van der Waals surface area contributed by atoms with Crippen molar-refractivity contribution in [2.75, 3.05) is 6.54 Å². The molecule has 0 amide bonds. The highest BCUT2D eigenvalue weighted by molar-refractivity contribution is 5.25. The van der Waals surface area contributed by atoms with E-state index in [1.54, 1.807) is 0 Å². The molecule has 0 fully saturated rings. The van der Waals surface area contributed by atoms with Crippen LogP contribution in [0.15, 0.2) is 36.7 Å². The summed E-state index contributed by atoms with van der Waals surface area (Å²) in [6, 6.07) is 8.33. The lowest BCUT2D eigenvalue weighted by Gasteiger charge is -2.14. The summed E-state index contributed by atoms with van der Waals surface area (Å²) >= 11 is 0. The van der Waals surface area contributed by atoms with Gasteiger partial charge in [0, 0.05) is 19.3 Å². The van der Waals surface area contributed by atoms with Crippen LogP contribution in [-0.2, 0) is 20.1 Å². The molecule has 2 rings (SSSR count). The molecule has 0 aliphatic rings. The lowest BCUT2D eigenvalue weighted by Crippen LogP contribution is -2.21. The second-order valence-electron chi connectivity index (χ2n) is 4.85. The first kappa shape index (κ1) is 13.8. The van der Waals surface area contributed by atoms with Gasteiger partial charge in [-0.05, 0) is 36.6 Å². The van der Waals surface area contributed by atoms with Gasteiger partial charge in [0.15, 0.2) is 0 Å². The first-order chi connectivity index (χ1) is 9.19. The summed E-state index contributed by atoms with van der Waals surface area (Å²) in [7, 11) is 1.93. The maximum atomic E-state index is 9.14. The summed E-state index contributed by atoms with van der Waals surface area (Å²) in [5, 5.41) is 16.8. The van der Waals surface area contributed by atoms with Gasteiger partial charge in [-0.15, -0.1) is 0 Å². The first-order valence-electron chi connectivity index (χ1n) is 6.59. The fourth-order valence-electron chi connectivity index (χ4n) is 2.11. The van der Waals surface area contributed by atoms with Gasteiger partial charge in [-0.1, -0.05) is 24.3 Å². The number of nitrogens with zero attached hydrogens (tertiary/aromatic N) is 2. The van der Waals surface area contributed by atoms with Crippen molar-refractivity contribution in [3.05, 3.63) is 53.3 Å². The molecule has 0 aliphatic heterocycles. The predicted molar refractivity (Wildman–Crippen MR) is 75.7 cm³/mol. The molecule has 0 spiro atoms. The highest BCUT2D eigenvalue weighted by Crippen LogP contribution is 2.14. The monoisotopic (exact) mass is 259 g/mol. The normalized spacial score (nSPS) is 12.6. The number of nitrogens with one attached hydrogen (secondary N) is 1. The Hall–Kier alpha value is -1.65. The number of aromatic nitrogens is 2. The van der Waals surface area contributed by atoms with Crippen molar-refractivity contribution in [1.29, 1.82) is 0 Å². The van der Waals surface area contributed by atoms with Gasteiger partial charge in [0.25, 0.3) is 0 Å². The lowest BCUT2D eigenvalue weighted by atomic mass is 10.1. The van der Waals surface area contributed by atoms with Crippen LogP contribution in [-0.4, -0.2) is 21.4 Å². The molecule has 0 aliphatic carbocycles. The molecule has 1 heterocycles. The Bertz CT molecular complexity index is 522. The Morgan fingerprint density at radius 2 is 2.21 bits per heavy atom. The van der Waals surface area contributed by atoms with Crippen LogP contribution in [0.1, 0.15) is 29.7 Å². The minimum atomic E-state index is 0.0935. The van der Waals surface area contributed by atoms with E-state index in [2.05, 4.69) is 23.4 Å². The van der Waals surface area contributed by atoms with E-state index in [-0.39, 0.29) is 12.6 Å². The molecule has 1 atom stereocenters. The molecule has 0 bridgehead atoms. The Morgan fingerprint density at radius 1 is 1.37 bits per heavy atom. The minimum Gasteiger partial charge on any atom is -0.392 e. The Morgan fingerprint density at radius 3 is 2.89 bits per heavy atom. The molecular formula is C15H21N3O. The van der Waals surface area contributed by atoms with Crippen LogP contribution in [0.25, 0.3) is 0 Å². The predicted octanol–water partition coefficient (Wildman–Crippen LogP) is 1.81. The van der Waals surface area contributed by atoms with Gasteiger partial charge in [0.1, 0.15) is 0 Å². The first-order valence-corrected chi connectivity index (χ1v) is 6.59. The van der Waals surface area contributed by atoms with Crippen molar-refractivity contribution in [2.24, 2.45) is 7.05 Å². The number of benzene rings is 1. The molecule has 2 aromatic rings. The third-order valence-electron chi connectivity index (χ3n) is 3.26. The molecule has 102 valence electrons. The van der Waals surface area contributed by atoms with E-state index in [9.17, 15) is 0 Å². The fourth-order valence-corrected chi connectivity index (χ4v) is 2.11. The van der Waals surface area contributed by atoms with Gasteiger partial charge < -0.3 is 10.4 Å². The highest BCUT2D eigenvalue weighted by atomic mass is 16.3. The van der Waals surface area contributed by atoms with E-state index in [1.165, 1.54) is 11.1 Å². The van der Waals surface area contributed by atoms with Crippen LogP contribution >= 0.6 is 0 Å². The molecular weight excluding hydrogens is 238 g/mol. The molecule has 0 saturated carbocycles. The summed E-state index contributed by atoms with van der Waals surface area (Å²) in [5.41, 5.74) is 3.41. The number of aliphatic hydroxyl groups is 1. The number of aliphatic hydroxyl groups excluding tert-OH is 1. The maximum Gasteiger partial charge on any atom is 0.0681 e. The maximum absolute atomic E-state index is 9.14. The number of hydrogen-bond donors (Lipinski definition) is 2. The summed E-state index contributed by atoms with van der Waals surface area (Å²) in [5.74, 6) is 0. The van der Waals surface area contributed by atoms with Crippen LogP contribution < -0.4 is 5.32 Å². The third-order valence-corrected chi connectivity index (χ3v) is 3.26. The van der Waals surface area contributed by atoms with Gasteiger partial charge in [-0.25, -0.2) is 0 Å². The van der Waals surface area contributed by atoms with Gasteiger partial charge >= 0.3 is 0 Å². The van der Waals surface area contributed by atoms with Crippen LogP contribution in [0.5, 0.6) is 0 Å². The summed E-state index contributed by atoms with van der Waals surface area (Å²) in [6.07, 6.45) is 4.91. The average Bonchev–Trinajstić information content (AvgIpc) is 2.84. The molecule has 1 unspecified atom stereocenters. The van der Waals surface area contributed by atoms with Crippen LogP contribution in [0, 0.1) is 0 Å². The average molecular weight is 259 g/mol. The molecule has 1 aromatic carbocycles. The standard InChI is InChI=1S/C15H21N3O/c1-12(15-5-3-4-13(8-15)11-19)16-7-6-14-9-17-18(2)10-14/h3-5,8-10,12,16,19H,6-7,11H2,1-2H3. The van der Waals surface area contributed by atoms with E-state index < -0.39 is 0 Å². The second kappa shape index (κ2) is 6.50. The quantitative estimate of drug-likeness (QED) is 0.832. The van der Waals surface area contributed by atoms with Gasteiger partial charge in [-0.3, -0.25) is 4.68 Å². The van der Waals surface area contributed by atoms with Crippen LogP contribution in [0.2, 0.25) is 0 Å². The topological polar surface area (TPSA) is 50.1 Å². The number of aryl methyl sites for hydroxylation is 1. The Labute approximate surface area is 114 Å². The molecule has 1 aromatic heterocycles. The summed E-state index contributed by atoms with van der Waals surface area (Å²) in [6.45, 7) is 3.15. The smallest absolute Gasteiger partial charge is 0.0681 e. The molecule has 0 saturated heterocycles. The lowest BCUT2D eigenvalue weighted by molar-refractivity contribution is 0.281. The Balaban J connectivity index is 1.85. The molecule has 4 nitrogen and oxygen atoms in total. The van der Waals surface area contributed by atoms with Gasteiger partial charge in [-0.2, -0.15) is 5.10 Å². The third kappa shape index (κ3) is 3.91. The van der Waals surface area contributed by atoms with Crippen molar-refractivity contribution in [2.45, 2.75) is 26.0 Å². The second-order valence-corrected chi connectivity index (χ2v) is 4.85. The molecule has 0 radical (unpaired) electrons. The number of rotatable bonds is 6. The fraction of sp³-hybridized carbons (Fsp3) is 0.400. The van der Waals surface area contributed by atoms with Crippen LogP contribution in [0.3, 0.4) is 0 Å². The van der Waals surface area contributed by atoms with Crippen molar-refractivity contribution in [3.63, 3.8) is 0 Å². The summed E-state index contributed by atoms with van der Waals surface area (Å²) in [4.78, 5) is 0. The SMILES string of the molecule is CC(NCCc1cnn(C)c1)c1cccc(CO)c1. The largest absolute Gasteiger partial charge is 0.392 e. The van der Waals surface area contributed by atoms with Crippen molar-refractivity contribution in [1.82, 2.24) is 15.1 Å². The zero-order chi connectivity index (χ0) is 13.7. The van der Waals surface area contributed by atoms with Crippen molar-refractivity contribution < 1.29 is 5.11 Å². The molecule has 19 heavy (non-hydrogen) atoms. The van der Waals surface area contributed by atoms with E-state index in [4.69, 9.17) is 5.11 Å². The van der Waals surface area contributed by atoms with Crippen molar-refractivity contribution in [3.8, 4) is 0 Å². The zero-order valence-corrected chi connectivity index (χ0v) is 11.5. The van der Waals surface area contributed by atoms with Crippen molar-refractivity contribution >= 4 is 0 Å². The Kier molecular flexibility index (Phi) is 4.71. The van der Waals surface area contributed by atoms with E-state index in [0.29, 0.717) is 0 Å².